The van der Waals surface area contributed by atoms with Crippen LogP contribution in [0.3, 0.4) is 0 Å². The van der Waals surface area contributed by atoms with Crippen molar-refractivity contribution in [2.75, 3.05) is 20.8 Å². The Labute approximate surface area is 387 Å². The molecule has 7 aliphatic heterocycles. The topological polar surface area (TPSA) is 202 Å². The van der Waals surface area contributed by atoms with E-state index in [2.05, 4.69) is 63.1 Å². The molecule has 350 valence electrons. The van der Waals surface area contributed by atoms with Crippen molar-refractivity contribution in [2.24, 2.45) is 11.8 Å². The molecule has 3 aromatic carbocycles. The van der Waals surface area contributed by atoms with Gasteiger partial charge in [-0.1, -0.05) is 18.2 Å². The van der Waals surface area contributed by atoms with Crippen LogP contribution in [-0.4, -0.2) is 117 Å². The normalized spacial score (nSPS) is 31.1. The van der Waals surface area contributed by atoms with Crippen LogP contribution >= 0.6 is 0 Å². The van der Waals surface area contributed by atoms with Crippen LogP contribution in [0.5, 0.6) is 5.75 Å². The van der Waals surface area contributed by atoms with Crippen LogP contribution < -0.4 is 15.4 Å². The maximum Gasteiger partial charge on any atom is 0.407 e. The van der Waals surface area contributed by atoms with Gasteiger partial charge in [0.1, 0.15) is 36.1 Å². The van der Waals surface area contributed by atoms with E-state index in [9.17, 15) is 19.2 Å². The number of hydrogen-bond donors (Lipinski definition) is 4. The number of methoxy groups -OCH3 is 2. The Morgan fingerprint density at radius 3 is 2.24 bits per heavy atom. The molecule has 0 saturated carbocycles. The van der Waals surface area contributed by atoms with Gasteiger partial charge in [0.25, 0.3) is 0 Å². The fraction of sp³-hybridized carbons (Fsp3) is 0.520. The molecule has 4 amide bonds. The van der Waals surface area contributed by atoms with Crippen LogP contribution in [0.4, 0.5) is 9.59 Å². The number of amides is 4. The summed E-state index contributed by atoms with van der Waals surface area (Å²) in [6.07, 6.45) is 8.18. The van der Waals surface area contributed by atoms with E-state index < -0.39 is 24.3 Å². The summed E-state index contributed by atoms with van der Waals surface area (Å²) in [5.74, 6) is 1.96. The smallest absolute Gasteiger partial charge is 0.407 e. The molecule has 17 nitrogen and oxygen atoms in total. The Hall–Kier alpha value is -6.20. The lowest BCUT2D eigenvalue weighted by molar-refractivity contribution is -0.148. The molecule has 6 fully saturated rings. The maximum absolute atomic E-state index is 14.5. The molecule has 7 aliphatic rings. The Bertz CT molecular complexity index is 2810. The quantitative estimate of drug-likeness (QED) is 0.142. The molecule has 2 aromatic heterocycles. The molecule has 5 aromatic rings. The lowest BCUT2D eigenvalue weighted by atomic mass is 9.81. The fourth-order valence-electron chi connectivity index (χ4n) is 12.9. The Morgan fingerprint density at radius 1 is 0.761 bits per heavy atom. The van der Waals surface area contributed by atoms with E-state index >= 15 is 0 Å². The summed E-state index contributed by atoms with van der Waals surface area (Å²) < 4.78 is 28.9. The summed E-state index contributed by atoms with van der Waals surface area (Å²) in [5, 5.41) is 7.73. The summed E-state index contributed by atoms with van der Waals surface area (Å²) in [6.45, 7) is 3.00. The average Bonchev–Trinajstić information content (AvgIpc) is 4.17. The number of fused-ring (bicyclic) bond motifs is 12. The SMILES string of the molecule is COC(=O)NC1C(=O)N2[C@H](CC[C@H]2c2ncc(-c3ccc4c(c3)COc3cc5c(ccc6[nH]c([C@@H]7CC[C@@H]8C[C@@H]9CC(C[C@@H](C)O9)[C@H](NC(=O)OC)C(=O)N87)nc65)cc3-4)[nH]2)C[C@@H]2C[C@@H]1CCO2. The third-order valence-electron chi connectivity index (χ3n) is 15.9. The first-order chi connectivity index (χ1) is 32.6. The van der Waals surface area contributed by atoms with Crippen molar-refractivity contribution < 1.29 is 42.9 Å². The highest BCUT2D eigenvalue weighted by Gasteiger charge is 2.50. The Kier molecular flexibility index (Phi) is 10.4. The van der Waals surface area contributed by atoms with Gasteiger partial charge in [0.15, 0.2) is 0 Å². The predicted octanol–water partition coefficient (Wildman–Crippen LogP) is 6.97. The molecular formula is C50H56N8O9. The first kappa shape index (κ1) is 42.2. The van der Waals surface area contributed by atoms with E-state index in [0.29, 0.717) is 26.1 Å². The number of ether oxygens (including phenoxy) is 5. The van der Waals surface area contributed by atoms with Crippen molar-refractivity contribution in [3.63, 3.8) is 0 Å². The number of nitrogens with one attached hydrogen (secondary N) is 4. The number of imidazole rings is 2. The number of nitrogens with zero attached hydrogens (tertiary/aromatic N) is 4. The second kappa shape index (κ2) is 16.5. The van der Waals surface area contributed by atoms with Gasteiger partial charge in [-0.05, 0) is 129 Å². The summed E-state index contributed by atoms with van der Waals surface area (Å²) in [7, 11) is 2.64. The van der Waals surface area contributed by atoms with Gasteiger partial charge in [0.05, 0.1) is 67.5 Å². The second-order valence-corrected chi connectivity index (χ2v) is 19.8. The van der Waals surface area contributed by atoms with Crippen LogP contribution in [0.1, 0.15) is 100 Å². The third kappa shape index (κ3) is 7.27. The van der Waals surface area contributed by atoms with Crippen LogP contribution in [0, 0.1) is 11.8 Å². The number of carbonyl (C=O) groups is 4. The minimum absolute atomic E-state index is 0.00344. The number of benzene rings is 3. The molecule has 17 heteroatoms. The molecule has 4 N–H and O–H groups in total. The monoisotopic (exact) mass is 912 g/mol. The lowest BCUT2D eigenvalue weighted by Crippen LogP contribution is -2.58. The highest BCUT2D eigenvalue weighted by molar-refractivity contribution is 6.07. The van der Waals surface area contributed by atoms with Crippen molar-refractivity contribution >= 4 is 45.8 Å². The standard InChI is InChI=1S/C50H56N8O9/c1-24-14-28-17-33(67-24)20-31-7-11-40(58(31)48(60)43(28)56-50(62)64-3)46-52-37-9-5-25-18-36-34-8-4-26(15-29(34)23-66-41(36)21-35(25)44(37)54-46)38-22-51-45(53-38)39-10-6-30-19-32-16-27(12-13-65-32)42(47(59)57(30)39)55-49(61)63-2/h4-5,8-9,15,18,21-22,24,27-28,30-33,39-40,42-43H,6-7,10-14,16-17,19-20,23H2,1-3H3,(H,51,53)(H,52,54)(H,55,61)(H,56,62)/t24-,27+,28?,30-,31-,32+,33+,39+,40+,42?,43+/m1/s1. The highest BCUT2D eigenvalue weighted by atomic mass is 16.5. The second-order valence-electron chi connectivity index (χ2n) is 19.8. The van der Waals surface area contributed by atoms with E-state index in [-0.39, 0.29) is 66.1 Å². The Morgan fingerprint density at radius 2 is 1.48 bits per heavy atom. The summed E-state index contributed by atoms with van der Waals surface area (Å²) in [4.78, 5) is 75.0. The van der Waals surface area contributed by atoms with Crippen LogP contribution in [0.25, 0.3) is 44.2 Å². The number of carbonyl (C=O) groups excluding carboxylic acids is 4. The molecule has 12 rings (SSSR count). The van der Waals surface area contributed by atoms with Gasteiger partial charge in [-0.15, -0.1) is 0 Å². The molecule has 2 unspecified atom stereocenters. The molecule has 11 atom stereocenters. The van der Waals surface area contributed by atoms with Crippen molar-refractivity contribution in [1.82, 2.24) is 40.4 Å². The molecule has 67 heavy (non-hydrogen) atoms. The van der Waals surface area contributed by atoms with Gasteiger partial charge in [0.2, 0.25) is 11.8 Å². The minimum Gasteiger partial charge on any atom is -0.488 e. The van der Waals surface area contributed by atoms with E-state index in [0.717, 1.165) is 119 Å². The zero-order valence-corrected chi connectivity index (χ0v) is 37.9. The number of aromatic amines is 2. The van der Waals surface area contributed by atoms with E-state index in [1.54, 1.807) is 0 Å². The van der Waals surface area contributed by atoms with Crippen molar-refractivity contribution in [2.45, 2.75) is 132 Å². The largest absolute Gasteiger partial charge is 0.488 e. The predicted molar refractivity (Wildman–Crippen MR) is 244 cm³/mol. The van der Waals surface area contributed by atoms with Crippen LogP contribution in [0.2, 0.25) is 0 Å². The third-order valence-corrected chi connectivity index (χ3v) is 15.9. The average molecular weight is 913 g/mol. The van der Waals surface area contributed by atoms with Gasteiger partial charge >= 0.3 is 12.2 Å². The van der Waals surface area contributed by atoms with Gasteiger partial charge in [0, 0.05) is 29.6 Å². The summed E-state index contributed by atoms with van der Waals surface area (Å²) >= 11 is 0. The van der Waals surface area contributed by atoms with Crippen molar-refractivity contribution in [1.29, 1.82) is 0 Å². The molecular weight excluding hydrogens is 857 g/mol. The van der Waals surface area contributed by atoms with Crippen molar-refractivity contribution in [3.8, 4) is 28.1 Å². The lowest BCUT2D eigenvalue weighted by Gasteiger charge is -2.44. The number of rotatable bonds is 5. The number of hydrogen-bond acceptors (Lipinski definition) is 11. The zero-order valence-electron chi connectivity index (χ0n) is 37.9. The van der Waals surface area contributed by atoms with Crippen LogP contribution in [-0.2, 0) is 35.1 Å². The number of alkyl carbamates (subject to hydrolysis) is 2. The molecule has 9 heterocycles. The highest BCUT2D eigenvalue weighted by Crippen LogP contribution is 2.47. The van der Waals surface area contributed by atoms with Gasteiger partial charge < -0.3 is 54.1 Å². The number of aromatic nitrogens is 4. The molecule has 0 radical (unpaired) electrons. The zero-order chi connectivity index (χ0) is 45.7. The Balaban J connectivity index is 0.808. The van der Waals surface area contributed by atoms with Gasteiger partial charge in [-0.3, -0.25) is 9.59 Å². The van der Waals surface area contributed by atoms with Gasteiger partial charge in [-0.2, -0.15) is 0 Å². The molecule has 0 spiro atoms. The molecule has 4 bridgehead atoms. The summed E-state index contributed by atoms with van der Waals surface area (Å²) in [6, 6.07) is 12.8. The van der Waals surface area contributed by atoms with Crippen LogP contribution in [0.15, 0.2) is 48.7 Å². The molecule has 6 saturated heterocycles. The fourth-order valence-corrected chi connectivity index (χ4v) is 12.9. The van der Waals surface area contributed by atoms with E-state index in [1.807, 2.05) is 22.9 Å². The van der Waals surface area contributed by atoms with Crippen molar-refractivity contribution in [3.05, 3.63) is 65.9 Å². The van der Waals surface area contributed by atoms with E-state index in [4.69, 9.17) is 33.7 Å². The molecule has 0 aliphatic carbocycles. The minimum atomic E-state index is -0.709. The maximum atomic E-state index is 14.5. The first-order valence-corrected chi connectivity index (χ1v) is 24.0. The summed E-state index contributed by atoms with van der Waals surface area (Å²) in [5.41, 5.74) is 6.62. The first-order valence-electron chi connectivity index (χ1n) is 24.0. The van der Waals surface area contributed by atoms with Gasteiger partial charge in [-0.25, -0.2) is 19.6 Å². The van der Waals surface area contributed by atoms with E-state index in [1.165, 1.54) is 14.2 Å². The number of H-pyrrole nitrogens is 2.